The molecule has 2 aromatic carbocycles. The molecule has 0 saturated heterocycles. The second-order valence-electron chi connectivity index (χ2n) is 3.94. The number of carboxylic acid groups (broad SMARTS) is 1. The van der Waals surface area contributed by atoms with Crippen molar-refractivity contribution >= 4 is 11.7 Å². The molecule has 0 atom stereocenters. The van der Waals surface area contributed by atoms with Gasteiger partial charge in [-0.1, -0.05) is 23.8 Å². The fourth-order valence-corrected chi connectivity index (χ4v) is 1.55. The molecule has 0 saturated carbocycles. The number of nitrogens with two attached hydrogens (primary N) is 1. The van der Waals surface area contributed by atoms with Crippen LogP contribution in [0.25, 0.3) is 0 Å². The summed E-state index contributed by atoms with van der Waals surface area (Å²) in [5, 5.41) is 8.96. The summed E-state index contributed by atoms with van der Waals surface area (Å²) < 4.78 is 5.57. The Bertz CT molecular complexity index is 576. The van der Waals surface area contributed by atoms with Gasteiger partial charge >= 0.3 is 5.97 Å². The predicted octanol–water partition coefficient (Wildman–Crippen LogP) is 3.07. The molecule has 0 unspecified atom stereocenters. The van der Waals surface area contributed by atoms with Crippen LogP contribution in [-0.4, -0.2) is 11.1 Å². The summed E-state index contributed by atoms with van der Waals surface area (Å²) in [4.78, 5) is 10.9. The number of carboxylic acids is 1. The van der Waals surface area contributed by atoms with Gasteiger partial charge < -0.3 is 15.6 Å². The van der Waals surface area contributed by atoms with Gasteiger partial charge in [-0.3, -0.25) is 0 Å². The average molecular weight is 243 g/mol. The number of ether oxygens (including phenoxy) is 1. The minimum absolute atomic E-state index is 0.0413. The molecule has 0 fully saturated rings. The summed E-state index contributed by atoms with van der Waals surface area (Å²) in [7, 11) is 0. The summed E-state index contributed by atoms with van der Waals surface area (Å²) in [5.74, 6) is -0.101. The highest BCUT2D eigenvalue weighted by Crippen LogP contribution is 2.30. The summed E-state index contributed by atoms with van der Waals surface area (Å²) in [6, 6.07) is 12.1. The minimum Gasteiger partial charge on any atom is -0.478 e. The molecule has 0 bridgehead atoms. The van der Waals surface area contributed by atoms with Gasteiger partial charge in [-0.25, -0.2) is 4.79 Å². The van der Waals surface area contributed by atoms with Gasteiger partial charge in [0, 0.05) is 0 Å². The van der Waals surface area contributed by atoms with E-state index in [9.17, 15) is 4.79 Å². The fourth-order valence-electron chi connectivity index (χ4n) is 1.55. The number of nitrogen functional groups attached to an aromatic ring is 1. The Morgan fingerprint density at radius 3 is 2.44 bits per heavy atom. The van der Waals surface area contributed by atoms with Gasteiger partial charge in [0.05, 0.1) is 11.3 Å². The maximum atomic E-state index is 10.9. The zero-order chi connectivity index (χ0) is 13.1. The van der Waals surface area contributed by atoms with E-state index >= 15 is 0 Å². The SMILES string of the molecule is Cc1ccc(Oc2cccc(C(=O)O)c2N)cc1. The fraction of sp³-hybridized carbons (Fsp3) is 0.0714. The molecule has 18 heavy (non-hydrogen) atoms. The molecule has 0 aliphatic carbocycles. The van der Waals surface area contributed by atoms with Crippen LogP contribution in [0.15, 0.2) is 42.5 Å². The van der Waals surface area contributed by atoms with Crippen molar-refractivity contribution in [2.45, 2.75) is 6.92 Å². The van der Waals surface area contributed by atoms with Gasteiger partial charge in [-0.2, -0.15) is 0 Å². The van der Waals surface area contributed by atoms with Crippen molar-refractivity contribution in [2.75, 3.05) is 5.73 Å². The van der Waals surface area contributed by atoms with Gasteiger partial charge in [-0.15, -0.1) is 0 Å². The molecule has 0 spiro atoms. The van der Waals surface area contributed by atoms with Crippen LogP contribution in [0.5, 0.6) is 11.5 Å². The molecule has 2 rings (SSSR count). The van der Waals surface area contributed by atoms with E-state index in [0.717, 1.165) is 5.56 Å². The standard InChI is InChI=1S/C14H13NO3/c1-9-5-7-10(8-6-9)18-12-4-2-3-11(13(12)15)14(16)17/h2-8H,15H2,1H3,(H,16,17). The number of aromatic carboxylic acids is 1. The lowest BCUT2D eigenvalue weighted by molar-refractivity contribution is 0.0697. The van der Waals surface area contributed by atoms with E-state index in [2.05, 4.69) is 0 Å². The number of aryl methyl sites for hydroxylation is 1. The average Bonchev–Trinajstić information content (AvgIpc) is 2.34. The first-order valence-electron chi connectivity index (χ1n) is 5.44. The first-order chi connectivity index (χ1) is 8.58. The van der Waals surface area contributed by atoms with Crippen molar-refractivity contribution in [3.05, 3.63) is 53.6 Å². The van der Waals surface area contributed by atoms with Crippen LogP contribution in [-0.2, 0) is 0 Å². The monoisotopic (exact) mass is 243 g/mol. The van der Waals surface area contributed by atoms with Crippen molar-refractivity contribution in [1.29, 1.82) is 0 Å². The number of hydrogen-bond donors (Lipinski definition) is 2. The largest absolute Gasteiger partial charge is 0.478 e. The highest BCUT2D eigenvalue weighted by Gasteiger charge is 2.12. The van der Waals surface area contributed by atoms with Gasteiger partial charge in [0.25, 0.3) is 0 Å². The zero-order valence-corrected chi connectivity index (χ0v) is 9.88. The van der Waals surface area contributed by atoms with Crippen LogP contribution in [0, 0.1) is 6.92 Å². The maximum absolute atomic E-state index is 10.9. The van der Waals surface area contributed by atoms with Crippen molar-refractivity contribution < 1.29 is 14.6 Å². The van der Waals surface area contributed by atoms with Gasteiger partial charge in [-0.05, 0) is 31.2 Å². The van der Waals surface area contributed by atoms with Gasteiger partial charge in [0.15, 0.2) is 5.75 Å². The van der Waals surface area contributed by atoms with Gasteiger partial charge in [0.2, 0.25) is 0 Å². The topological polar surface area (TPSA) is 72.5 Å². The lowest BCUT2D eigenvalue weighted by atomic mass is 10.1. The van der Waals surface area contributed by atoms with E-state index in [1.165, 1.54) is 6.07 Å². The lowest BCUT2D eigenvalue weighted by Crippen LogP contribution is -2.03. The molecule has 0 radical (unpaired) electrons. The Kier molecular flexibility index (Phi) is 3.19. The predicted molar refractivity (Wildman–Crippen MR) is 69.1 cm³/mol. The molecule has 0 heterocycles. The molecule has 0 aliphatic rings. The second kappa shape index (κ2) is 4.79. The zero-order valence-electron chi connectivity index (χ0n) is 9.88. The normalized spacial score (nSPS) is 10.1. The Morgan fingerprint density at radius 2 is 1.83 bits per heavy atom. The Balaban J connectivity index is 2.32. The van der Waals surface area contributed by atoms with Gasteiger partial charge in [0.1, 0.15) is 5.75 Å². The molecular formula is C14H13NO3. The van der Waals surface area contributed by atoms with E-state index in [1.807, 2.05) is 31.2 Å². The number of carbonyl (C=O) groups is 1. The molecule has 0 amide bonds. The van der Waals surface area contributed by atoms with Crippen molar-refractivity contribution in [2.24, 2.45) is 0 Å². The van der Waals surface area contributed by atoms with Crippen LogP contribution in [0.3, 0.4) is 0 Å². The van der Waals surface area contributed by atoms with Crippen LogP contribution in [0.2, 0.25) is 0 Å². The molecule has 0 aromatic heterocycles. The quantitative estimate of drug-likeness (QED) is 0.812. The third-order valence-electron chi connectivity index (χ3n) is 2.55. The first kappa shape index (κ1) is 12.0. The van der Waals surface area contributed by atoms with E-state index in [0.29, 0.717) is 11.5 Å². The summed E-state index contributed by atoms with van der Waals surface area (Å²) in [5.41, 5.74) is 7.05. The third-order valence-corrected chi connectivity index (χ3v) is 2.55. The lowest BCUT2D eigenvalue weighted by Gasteiger charge is -2.10. The van der Waals surface area contributed by atoms with E-state index in [1.54, 1.807) is 12.1 Å². The number of para-hydroxylation sites is 1. The van der Waals surface area contributed by atoms with Crippen molar-refractivity contribution in [1.82, 2.24) is 0 Å². The molecule has 4 nitrogen and oxygen atoms in total. The first-order valence-corrected chi connectivity index (χ1v) is 5.44. The molecule has 92 valence electrons. The summed E-state index contributed by atoms with van der Waals surface area (Å²) in [6.07, 6.45) is 0. The maximum Gasteiger partial charge on any atom is 0.337 e. The van der Waals surface area contributed by atoms with Crippen LogP contribution >= 0.6 is 0 Å². The van der Waals surface area contributed by atoms with Crippen LogP contribution in [0.1, 0.15) is 15.9 Å². The molecule has 3 N–H and O–H groups in total. The van der Waals surface area contributed by atoms with Crippen LogP contribution in [0.4, 0.5) is 5.69 Å². The Labute approximate surface area is 105 Å². The van der Waals surface area contributed by atoms with E-state index in [-0.39, 0.29) is 11.3 Å². The number of rotatable bonds is 3. The highest BCUT2D eigenvalue weighted by atomic mass is 16.5. The third kappa shape index (κ3) is 2.43. The number of benzene rings is 2. The molecule has 4 heteroatoms. The summed E-state index contributed by atoms with van der Waals surface area (Å²) in [6.45, 7) is 1.98. The highest BCUT2D eigenvalue weighted by molar-refractivity contribution is 5.95. The minimum atomic E-state index is -1.07. The Hall–Kier alpha value is -2.49. The van der Waals surface area contributed by atoms with Crippen LogP contribution < -0.4 is 10.5 Å². The van der Waals surface area contributed by atoms with Crippen molar-refractivity contribution in [3.63, 3.8) is 0 Å². The van der Waals surface area contributed by atoms with E-state index in [4.69, 9.17) is 15.6 Å². The summed E-state index contributed by atoms with van der Waals surface area (Å²) >= 11 is 0. The molecule has 0 aliphatic heterocycles. The smallest absolute Gasteiger partial charge is 0.337 e. The molecule has 2 aromatic rings. The number of hydrogen-bond acceptors (Lipinski definition) is 3. The van der Waals surface area contributed by atoms with E-state index < -0.39 is 5.97 Å². The number of anilines is 1. The van der Waals surface area contributed by atoms with Crippen molar-refractivity contribution in [3.8, 4) is 11.5 Å². The Morgan fingerprint density at radius 1 is 1.17 bits per heavy atom. The second-order valence-corrected chi connectivity index (χ2v) is 3.94. The molecular weight excluding hydrogens is 230 g/mol.